The van der Waals surface area contributed by atoms with Crippen LogP contribution in [0.5, 0.6) is 5.75 Å². The molecule has 144 valence electrons. The quantitative estimate of drug-likeness (QED) is 0.811. The van der Waals surface area contributed by atoms with E-state index in [1.54, 1.807) is 22.5 Å². The molecule has 0 radical (unpaired) electrons. The van der Waals surface area contributed by atoms with Gasteiger partial charge in [-0.2, -0.15) is 16.9 Å². The van der Waals surface area contributed by atoms with Crippen LogP contribution in [-0.2, 0) is 26.1 Å². The van der Waals surface area contributed by atoms with E-state index in [0.717, 1.165) is 17.0 Å². The standard InChI is InChI=1S/C17H18FN3O4S2/c18-13-3-1-2-4-15(13)25-7-16(22)19-17-12-8-26-9-14(12)20-21(17)11-5-6-27(23,24)10-11/h1-4,11H,5-10H2,(H,19,22). The Labute approximate surface area is 160 Å². The van der Waals surface area contributed by atoms with Crippen molar-refractivity contribution in [3.63, 3.8) is 0 Å². The largest absolute Gasteiger partial charge is 0.481 e. The normalized spacial score (nSPS) is 20.4. The smallest absolute Gasteiger partial charge is 0.263 e. The fraction of sp³-hybridized carbons (Fsp3) is 0.412. The molecule has 1 atom stereocenters. The Kier molecular flexibility index (Phi) is 4.85. The van der Waals surface area contributed by atoms with Crippen molar-refractivity contribution in [3.05, 3.63) is 41.3 Å². The summed E-state index contributed by atoms with van der Waals surface area (Å²) in [4.78, 5) is 12.4. The second kappa shape index (κ2) is 7.16. The van der Waals surface area contributed by atoms with Crippen LogP contribution in [0, 0.1) is 5.82 Å². The summed E-state index contributed by atoms with van der Waals surface area (Å²) in [5.41, 5.74) is 1.79. The molecule has 0 saturated carbocycles. The SMILES string of the molecule is O=C(COc1ccccc1F)Nc1c2c(nn1C1CCS(=O)(=O)C1)CSC2. The van der Waals surface area contributed by atoms with Gasteiger partial charge in [-0.25, -0.2) is 17.5 Å². The average Bonchev–Trinajstić information content (AvgIpc) is 3.30. The van der Waals surface area contributed by atoms with Crippen molar-refractivity contribution >= 4 is 33.3 Å². The van der Waals surface area contributed by atoms with Crippen molar-refractivity contribution in [2.45, 2.75) is 24.0 Å². The number of hydrogen-bond acceptors (Lipinski definition) is 6. The lowest BCUT2D eigenvalue weighted by atomic mass is 10.2. The molecular weight excluding hydrogens is 393 g/mol. The fourth-order valence-corrected chi connectivity index (χ4v) is 6.00. The number of aromatic nitrogens is 2. The molecule has 10 heteroatoms. The maximum Gasteiger partial charge on any atom is 0.263 e. The number of benzene rings is 1. The number of fused-ring (bicyclic) bond motifs is 1. The van der Waals surface area contributed by atoms with Gasteiger partial charge in [-0.05, 0) is 18.6 Å². The number of nitrogens with zero attached hydrogens (tertiary/aromatic N) is 2. The lowest BCUT2D eigenvalue weighted by Crippen LogP contribution is -2.24. The van der Waals surface area contributed by atoms with Crippen molar-refractivity contribution in [2.24, 2.45) is 0 Å². The van der Waals surface area contributed by atoms with Crippen LogP contribution in [-0.4, -0.2) is 42.2 Å². The summed E-state index contributed by atoms with van der Waals surface area (Å²) in [6.45, 7) is -0.350. The van der Waals surface area contributed by atoms with Crippen molar-refractivity contribution < 1.29 is 22.3 Å². The van der Waals surface area contributed by atoms with Crippen molar-refractivity contribution in [2.75, 3.05) is 23.4 Å². The summed E-state index contributed by atoms with van der Waals surface area (Å²) in [5.74, 6) is 1.14. The van der Waals surface area contributed by atoms with Gasteiger partial charge in [-0.1, -0.05) is 12.1 Å². The first-order chi connectivity index (χ1) is 12.9. The predicted molar refractivity (Wildman–Crippen MR) is 100 cm³/mol. The molecule has 1 aromatic carbocycles. The van der Waals surface area contributed by atoms with Crippen molar-refractivity contribution in [3.8, 4) is 5.75 Å². The number of carbonyl (C=O) groups excluding carboxylic acids is 1. The Bertz CT molecular complexity index is 990. The molecule has 0 spiro atoms. The van der Waals surface area contributed by atoms with E-state index >= 15 is 0 Å². The highest BCUT2D eigenvalue weighted by atomic mass is 32.2. The lowest BCUT2D eigenvalue weighted by molar-refractivity contribution is -0.118. The van der Waals surface area contributed by atoms with E-state index in [0.29, 0.717) is 18.0 Å². The van der Waals surface area contributed by atoms with Gasteiger partial charge in [0.1, 0.15) is 5.82 Å². The maximum atomic E-state index is 13.6. The molecule has 2 aromatic rings. The number of thioether (sulfide) groups is 1. The van der Waals surface area contributed by atoms with E-state index in [9.17, 15) is 17.6 Å². The van der Waals surface area contributed by atoms with Crippen LogP contribution in [0.3, 0.4) is 0 Å². The van der Waals surface area contributed by atoms with Crippen LogP contribution in [0.1, 0.15) is 23.7 Å². The zero-order valence-electron chi connectivity index (χ0n) is 14.4. The molecule has 1 N–H and O–H groups in total. The second-order valence-corrected chi connectivity index (χ2v) is 9.75. The Balaban J connectivity index is 1.51. The zero-order valence-corrected chi connectivity index (χ0v) is 16.0. The molecule has 1 amide bonds. The highest BCUT2D eigenvalue weighted by Gasteiger charge is 2.34. The molecule has 1 fully saturated rings. The van der Waals surface area contributed by atoms with Crippen LogP contribution < -0.4 is 10.1 Å². The number of para-hydroxylation sites is 1. The van der Waals surface area contributed by atoms with Crippen LogP contribution in [0.25, 0.3) is 0 Å². The third-order valence-electron chi connectivity index (χ3n) is 4.58. The van der Waals surface area contributed by atoms with Crippen molar-refractivity contribution in [1.29, 1.82) is 0 Å². The summed E-state index contributed by atoms with van der Waals surface area (Å²) in [6, 6.07) is 5.58. The van der Waals surface area contributed by atoms with Crippen LogP contribution >= 0.6 is 11.8 Å². The monoisotopic (exact) mass is 411 g/mol. The topological polar surface area (TPSA) is 90.3 Å². The van der Waals surface area contributed by atoms with Gasteiger partial charge in [-0.3, -0.25) is 4.79 Å². The Hall–Kier alpha value is -2.07. The summed E-state index contributed by atoms with van der Waals surface area (Å²) < 4.78 is 44.1. The maximum absolute atomic E-state index is 13.6. The van der Waals surface area contributed by atoms with Crippen LogP contribution in [0.15, 0.2) is 24.3 Å². The van der Waals surface area contributed by atoms with Gasteiger partial charge < -0.3 is 10.1 Å². The van der Waals surface area contributed by atoms with Gasteiger partial charge in [0.05, 0.1) is 23.2 Å². The zero-order chi connectivity index (χ0) is 19.0. The molecule has 1 unspecified atom stereocenters. The molecule has 0 aliphatic carbocycles. The van der Waals surface area contributed by atoms with E-state index < -0.39 is 21.6 Å². The number of sulfone groups is 1. The summed E-state index contributed by atoms with van der Waals surface area (Å²) >= 11 is 1.69. The van der Waals surface area contributed by atoms with Crippen LogP contribution in [0.4, 0.5) is 10.2 Å². The molecule has 1 aromatic heterocycles. The summed E-state index contributed by atoms with van der Waals surface area (Å²) in [5, 5.41) is 7.33. The number of nitrogens with one attached hydrogen (secondary N) is 1. The fourth-order valence-electron chi connectivity index (χ4n) is 3.27. The minimum atomic E-state index is -3.08. The molecule has 27 heavy (non-hydrogen) atoms. The first kappa shape index (κ1) is 18.3. The minimum Gasteiger partial charge on any atom is -0.481 e. The van der Waals surface area contributed by atoms with E-state index in [-0.39, 0.29) is 29.9 Å². The van der Waals surface area contributed by atoms with E-state index in [1.807, 2.05) is 0 Å². The first-order valence-electron chi connectivity index (χ1n) is 8.48. The average molecular weight is 411 g/mol. The molecular formula is C17H18FN3O4S2. The molecule has 7 nitrogen and oxygen atoms in total. The molecule has 2 aliphatic rings. The van der Waals surface area contributed by atoms with Gasteiger partial charge in [0.25, 0.3) is 5.91 Å². The molecule has 1 saturated heterocycles. The Morgan fingerprint density at radius 3 is 2.93 bits per heavy atom. The van der Waals surface area contributed by atoms with E-state index in [2.05, 4.69) is 10.4 Å². The molecule has 2 aliphatic heterocycles. The van der Waals surface area contributed by atoms with Gasteiger partial charge in [-0.15, -0.1) is 0 Å². The van der Waals surface area contributed by atoms with E-state index in [1.165, 1.54) is 18.2 Å². The number of amides is 1. The van der Waals surface area contributed by atoms with Gasteiger partial charge in [0.15, 0.2) is 28.0 Å². The van der Waals surface area contributed by atoms with Gasteiger partial charge in [0, 0.05) is 17.1 Å². The number of anilines is 1. The highest BCUT2D eigenvalue weighted by Crippen LogP contribution is 2.38. The van der Waals surface area contributed by atoms with Gasteiger partial charge in [0.2, 0.25) is 0 Å². The number of halogens is 1. The second-order valence-electron chi connectivity index (χ2n) is 6.54. The van der Waals surface area contributed by atoms with Crippen LogP contribution in [0.2, 0.25) is 0 Å². The summed E-state index contributed by atoms with van der Waals surface area (Å²) in [6.07, 6.45) is 0.477. The van der Waals surface area contributed by atoms with Gasteiger partial charge >= 0.3 is 0 Å². The number of carbonyl (C=O) groups is 1. The summed E-state index contributed by atoms with van der Waals surface area (Å²) in [7, 11) is -3.08. The molecule has 3 heterocycles. The number of rotatable bonds is 5. The molecule has 0 bridgehead atoms. The number of ether oxygens (including phenoxy) is 1. The van der Waals surface area contributed by atoms with Crippen molar-refractivity contribution in [1.82, 2.24) is 9.78 Å². The molecule has 4 rings (SSSR count). The third kappa shape index (κ3) is 3.81. The minimum absolute atomic E-state index is 0.00354. The van der Waals surface area contributed by atoms with E-state index in [4.69, 9.17) is 4.74 Å². The Morgan fingerprint density at radius 1 is 1.37 bits per heavy atom. The predicted octanol–water partition coefficient (Wildman–Crippen LogP) is 2.15. The lowest BCUT2D eigenvalue weighted by Gasteiger charge is -2.15. The first-order valence-corrected chi connectivity index (χ1v) is 11.5. The highest BCUT2D eigenvalue weighted by molar-refractivity contribution is 7.98. The third-order valence-corrected chi connectivity index (χ3v) is 7.31. The Morgan fingerprint density at radius 2 is 2.19 bits per heavy atom. The number of hydrogen-bond donors (Lipinski definition) is 1.